The fraction of sp³-hybridized carbons (Fsp3) is 1.00. The van der Waals surface area contributed by atoms with E-state index >= 15 is 0 Å². The van der Waals surface area contributed by atoms with Crippen LogP contribution in [-0.2, 0) is 0 Å². The third-order valence-electron chi connectivity index (χ3n) is 5.27. The maximum atomic E-state index is 4.61. The average molecular weight is 244 g/mol. The van der Waals surface area contributed by atoms with Gasteiger partial charge in [-0.25, -0.2) is 0 Å². The number of hydrogen-bond acceptors (Lipinski definition) is 1. The summed E-state index contributed by atoms with van der Waals surface area (Å²) in [6.07, 6.45) is 6.47. The highest BCUT2D eigenvalue weighted by Crippen LogP contribution is 2.44. The molecule has 98 valence electrons. The minimum atomic E-state index is 0.480. The highest BCUT2D eigenvalue weighted by Gasteiger charge is 2.34. The van der Waals surface area contributed by atoms with Crippen LogP contribution in [0, 0.1) is 16.7 Å². The van der Waals surface area contributed by atoms with Gasteiger partial charge in [0.25, 0.3) is 0 Å². The lowest BCUT2D eigenvalue weighted by molar-refractivity contribution is 0.115. The Bertz CT molecular complexity index is 178. The number of thiol groups is 1. The molecule has 0 aromatic rings. The molecule has 0 saturated carbocycles. The summed E-state index contributed by atoms with van der Waals surface area (Å²) in [6, 6.07) is 0. The Morgan fingerprint density at radius 2 is 1.31 bits per heavy atom. The molecule has 0 amide bonds. The highest BCUT2D eigenvalue weighted by molar-refractivity contribution is 7.80. The van der Waals surface area contributed by atoms with Crippen molar-refractivity contribution in [1.29, 1.82) is 0 Å². The Morgan fingerprint density at radius 1 is 0.875 bits per heavy atom. The molecule has 0 aliphatic heterocycles. The van der Waals surface area contributed by atoms with Gasteiger partial charge in [-0.2, -0.15) is 12.6 Å². The molecule has 0 heterocycles. The SMILES string of the molecule is CCC(C)(CC)CC(CS)C(C)(CC)CC. The van der Waals surface area contributed by atoms with E-state index in [-0.39, 0.29) is 0 Å². The lowest BCUT2D eigenvalue weighted by Crippen LogP contribution is -2.32. The van der Waals surface area contributed by atoms with Gasteiger partial charge in [-0.05, 0) is 28.9 Å². The van der Waals surface area contributed by atoms with E-state index in [9.17, 15) is 0 Å². The van der Waals surface area contributed by atoms with E-state index in [0.29, 0.717) is 10.8 Å². The predicted octanol–water partition coefficient (Wildman–Crippen LogP) is 5.58. The Morgan fingerprint density at radius 3 is 1.56 bits per heavy atom. The van der Waals surface area contributed by atoms with Gasteiger partial charge in [-0.1, -0.05) is 67.2 Å². The van der Waals surface area contributed by atoms with Gasteiger partial charge < -0.3 is 0 Å². The summed E-state index contributed by atoms with van der Waals surface area (Å²) >= 11 is 4.61. The first kappa shape index (κ1) is 16.4. The van der Waals surface area contributed by atoms with E-state index in [4.69, 9.17) is 0 Å². The van der Waals surface area contributed by atoms with Crippen molar-refractivity contribution < 1.29 is 0 Å². The van der Waals surface area contributed by atoms with Crippen molar-refractivity contribution in [2.75, 3.05) is 5.75 Å². The molecule has 0 aliphatic carbocycles. The van der Waals surface area contributed by atoms with Crippen molar-refractivity contribution in [3.05, 3.63) is 0 Å². The number of hydrogen-bond donors (Lipinski definition) is 1. The van der Waals surface area contributed by atoms with Crippen LogP contribution in [0.25, 0.3) is 0 Å². The van der Waals surface area contributed by atoms with Crippen molar-refractivity contribution >= 4 is 12.6 Å². The normalized spacial score (nSPS) is 15.2. The van der Waals surface area contributed by atoms with Gasteiger partial charge in [0.1, 0.15) is 0 Å². The van der Waals surface area contributed by atoms with Crippen LogP contribution in [0.3, 0.4) is 0 Å². The standard InChI is InChI=1S/C15H32S/c1-7-14(5,8-2)11-13(12-16)15(6,9-3)10-4/h13,16H,7-12H2,1-6H3. The molecule has 1 heteroatoms. The van der Waals surface area contributed by atoms with Crippen LogP contribution >= 0.6 is 12.6 Å². The zero-order valence-corrected chi connectivity index (χ0v) is 13.2. The summed E-state index contributed by atoms with van der Waals surface area (Å²) in [5.74, 6) is 1.80. The third kappa shape index (κ3) is 3.98. The molecule has 0 N–H and O–H groups in total. The molecule has 1 unspecified atom stereocenters. The van der Waals surface area contributed by atoms with E-state index < -0.39 is 0 Å². The first-order valence-electron chi connectivity index (χ1n) is 7.02. The number of rotatable bonds is 8. The van der Waals surface area contributed by atoms with Gasteiger partial charge in [-0.3, -0.25) is 0 Å². The van der Waals surface area contributed by atoms with Crippen molar-refractivity contribution in [1.82, 2.24) is 0 Å². The van der Waals surface area contributed by atoms with Gasteiger partial charge in [0.15, 0.2) is 0 Å². The van der Waals surface area contributed by atoms with E-state index in [0.717, 1.165) is 11.7 Å². The van der Waals surface area contributed by atoms with Crippen molar-refractivity contribution in [2.45, 2.75) is 73.6 Å². The van der Waals surface area contributed by atoms with Gasteiger partial charge in [0, 0.05) is 0 Å². The largest absolute Gasteiger partial charge is 0.179 e. The lowest BCUT2D eigenvalue weighted by atomic mass is 9.66. The maximum Gasteiger partial charge on any atom is -0.00641 e. The fourth-order valence-corrected chi connectivity index (χ4v) is 3.06. The van der Waals surface area contributed by atoms with E-state index in [1.54, 1.807) is 0 Å². The lowest BCUT2D eigenvalue weighted by Gasteiger charge is -2.41. The molecular weight excluding hydrogens is 212 g/mol. The molecule has 0 spiro atoms. The quantitative estimate of drug-likeness (QED) is 0.530. The Hall–Kier alpha value is 0.350. The van der Waals surface area contributed by atoms with Gasteiger partial charge >= 0.3 is 0 Å². The molecule has 0 nitrogen and oxygen atoms in total. The average Bonchev–Trinajstić information content (AvgIpc) is 2.34. The van der Waals surface area contributed by atoms with Crippen LogP contribution in [0.5, 0.6) is 0 Å². The zero-order chi connectivity index (χ0) is 12.8. The molecule has 0 aromatic carbocycles. The van der Waals surface area contributed by atoms with Gasteiger partial charge in [-0.15, -0.1) is 0 Å². The molecule has 0 fully saturated rings. The first-order valence-corrected chi connectivity index (χ1v) is 7.65. The van der Waals surface area contributed by atoms with Crippen LogP contribution < -0.4 is 0 Å². The fourth-order valence-electron chi connectivity index (χ4n) is 2.49. The Kier molecular flexibility index (Phi) is 7.09. The summed E-state index contributed by atoms with van der Waals surface area (Å²) in [6.45, 7) is 14.2. The van der Waals surface area contributed by atoms with E-state index in [2.05, 4.69) is 54.2 Å². The molecule has 16 heavy (non-hydrogen) atoms. The molecule has 0 saturated heterocycles. The summed E-state index contributed by atoms with van der Waals surface area (Å²) in [4.78, 5) is 0. The van der Waals surface area contributed by atoms with Crippen LogP contribution in [0.2, 0.25) is 0 Å². The Labute approximate surface area is 109 Å². The molecule has 0 radical (unpaired) electrons. The smallest absolute Gasteiger partial charge is 0.00641 e. The van der Waals surface area contributed by atoms with Crippen LogP contribution in [0.4, 0.5) is 0 Å². The van der Waals surface area contributed by atoms with E-state index in [1.165, 1.54) is 32.1 Å². The van der Waals surface area contributed by atoms with Gasteiger partial charge in [0.2, 0.25) is 0 Å². The summed E-state index contributed by atoms with van der Waals surface area (Å²) < 4.78 is 0. The predicted molar refractivity (Wildman–Crippen MR) is 79.3 cm³/mol. The minimum Gasteiger partial charge on any atom is -0.179 e. The monoisotopic (exact) mass is 244 g/mol. The van der Waals surface area contributed by atoms with Crippen molar-refractivity contribution in [3.63, 3.8) is 0 Å². The van der Waals surface area contributed by atoms with Gasteiger partial charge in [0.05, 0.1) is 0 Å². The highest BCUT2D eigenvalue weighted by atomic mass is 32.1. The van der Waals surface area contributed by atoms with Crippen LogP contribution in [0.1, 0.15) is 73.6 Å². The second-order valence-corrected chi connectivity index (χ2v) is 6.33. The first-order chi connectivity index (χ1) is 7.41. The topological polar surface area (TPSA) is 0 Å². The second-order valence-electron chi connectivity index (χ2n) is 5.96. The molecule has 0 rings (SSSR count). The second kappa shape index (κ2) is 6.93. The molecular formula is C15H32S. The van der Waals surface area contributed by atoms with Crippen LogP contribution in [-0.4, -0.2) is 5.75 Å². The zero-order valence-electron chi connectivity index (χ0n) is 12.3. The van der Waals surface area contributed by atoms with Crippen molar-refractivity contribution in [3.8, 4) is 0 Å². The minimum absolute atomic E-state index is 0.480. The molecule has 0 aromatic heterocycles. The van der Waals surface area contributed by atoms with Crippen LogP contribution in [0.15, 0.2) is 0 Å². The summed E-state index contributed by atoms with van der Waals surface area (Å²) in [7, 11) is 0. The molecule has 1 atom stereocenters. The summed E-state index contributed by atoms with van der Waals surface area (Å²) in [5.41, 5.74) is 0.992. The van der Waals surface area contributed by atoms with Crippen molar-refractivity contribution in [2.24, 2.45) is 16.7 Å². The molecule has 0 aliphatic rings. The Balaban J connectivity index is 4.74. The maximum absolute atomic E-state index is 4.61. The van der Waals surface area contributed by atoms with E-state index in [1.807, 2.05) is 0 Å². The molecule has 0 bridgehead atoms. The summed E-state index contributed by atoms with van der Waals surface area (Å²) in [5, 5.41) is 0. The third-order valence-corrected chi connectivity index (χ3v) is 5.71.